The van der Waals surface area contributed by atoms with Crippen LogP contribution in [0.2, 0.25) is 0 Å². The third kappa shape index (κ3) is 44.7. The molecule has 9 heteroatoms. The highest BCUT2D eigenvalue weighted by atomic mass is 16.7. The number of hydrogen-bond acceptors (Lipinski definition) is 8. The largest absolute Gasteiger partial charge is 0.394 e. The minimum atomic E-state index is -1.57. The fraction of sp³-hybridized carbons (Fsp3) is 0.836. The quantitative estimate of drug-likeness (QED) is 0.0261. The van der Waals surface area contributed by atoms with Crippen molar-refractivity contribution in [1.82, 2.24) is 5.32 Å². The summed E-state index contributed by atoms with van der Waals surface area (Å²) in [6, 6.07) is -0.803. The fourth-order valence-corrected chi connectivity index (χ4v) is 10.3. The summed E-state index contributed by atoms with van der Waals surface area (Å²) in [5.74, 6) is -0.172. The maximum Gasteiger partial charge on any atom is 0.220 e. The number of ether oxygens (including phenoxy) is 2. The normalized spacial score (nSPS) is 19.2. The van der Waals surface area contributed by atoms with Gasteiger partial charge in [-0.05, 0) is 57.8 Å². The molecule has 0 aromatic heterocycles. The zero-order chi connectivity index (χ0) is 55.0. The predicted octanol–water partition coefficient (Wildman–Crippen LogP) is 17.0. The Morgan fingerprint density at radius 2 is 0.816 bits per heavy atom. The predicted molar refractivity (Wildman–Crippen MR) is 322 cm³/mol. The lowest BCUT2D eigenvalue weighted by atomic mass is 9.99. The third-order valence-electron chi connectivity index (χ3n) is 15.3. The van der Waals surface area contributed by atoms with Crippen molar-refractivity contribution < 1.29 is 39.8 Å². The topological polar surface area (TPSA) is 149 Å². The van der Waals surface area contributed by atoms with Gasteiger partial charge >= 0.3 is 0 Å². The number of aliphatic hydroxyl groups excluding tert-OH is 5. The van der Waals surface area contributed by atoms with Crippen molar-refractivity contribution in [2.45, 2.75) is 346 Å². The lowest BCUT2D eigenvalue weighted by Gasteiger charge is -2.40. The first-order valence-corrected chi connectivity index (χ1v) is 32.5. The van der Waals surface area contributed by atoms with Crippen LogP contribution in [0.3, 0.4) is 0 Å². The van der Waals surface area contributed by atoms with E-state index in [-0.39, 0.29) is 12.5 Å². The molecule has 444 valence electrons. The molecule has 1 rings (SSSR count). The van der Waals surface area contributed by atoms with E-state index >= 15 is 0 Å². The van der Waals surface area contributed by atoms with E-state index in [1.54, 1.807) is 6.08 Å². The number of amides is 1. The summed E-state index contributed by atoms with van der Waals surface area (Å²) in [5, 5.41) is 54.5. The van der Waals surface area contributed by atoms with E-state index in [1.807, 2.05) is 6.08 Å². The number of hydrogen-bond donors (Lipinski definition) is 6. The molecule has 1 fully saturated rings. The van der Waals surface area contributed by atoms with Crippen LogP contribution in [-0.4, -0.2) is 87.5 Å². The molecule has 9 nitrogen and oxygen atoms in total. The van der Waals surface area contributed by atoms with Gasteiger partial charge in [-0.3, -0.25) is 4.79 Å². The molecule has 0 aliphatic carbocycles. The molecule has 1 aliphatic rings. The number of carbonyl (C=O) groups excluding carboxylic acids is 1. The lowest BCUT2D eigenvalue weighted by molar-refractivity contribution is -0.302. The number of nitrogens with one attached hydrogen (secondary N) is 1. The van der Waals surface area contributed by atoms with Crippen LogP contribution in [0.15, 0.2) is 60.8 Å². The number of carbonyl (C=O) groups is 1. The Morgan fingerprint density at radius 1 is 0.461 bits per heavy atom. The molecule has 7 atom stereocenters. The van der Waals surface area contributed by atoms with E-state index in [9.17, 15) is 30.3 Å². The average molecular weight is 1070 g/mol. The molecule has 0 bridgehead atoms. The van der Waals surface area contributed by atoms with E-state index in [2.05, 4.69) is 67.8 Å². The summed E-state index contributed by atoms with van der Waals surface area (Å²) < 4.78 is 11.3. The molecule has 0 aromatic rings. The molecule has 7 unspecified atom stereocenters. The molecule has 0 aromatic carbocycles. The van der Waals surface area contributed by atoms with Crippen molar-refractivity contribution >= 4 is 5.91 Å². The van der Waals surface area contributed by atoms with Crippen LogP contribution in [0.5, 0.6) is 0 Å². The minimum Gasteiger partial charge on any atom is -0.394 e. The molecule has 1 aliphatic heterocycles. The van der Waals surface area contributed by atoms with Crippen molar-refractivity contribution in [3.05, 3.63) is 60.8 Å². The number of unbranched alkanes of at least 4 members (excludes halogenated alkanes) is 38. The van der Waals surface area contributed by atoms with Gasteiger partial charge in [-0.2, -0.15) is 0 Å². The van der Waals surface area contributed by atoms with E-state index in [1.165, 1.54) is 218 Å². The Hall–Kier alpha value is -2.11. The molecule has 6 N–H and O–H groups in total. The van der Waals surface area contributed by atoms with Crippen molar-refractivity contribution in [3.8, 4) is 0 Å². The Kier molecular flexibility index (Phi) is 53.1. The van der Waals surface area contributed by atoms with Crippen LogP contribution >= 0.6 is 0 Å². The SMILES string of the molecule is CC/C=C\C/C=C\C/C=C\C/C=C\CCCCCCCCCCCCCCCCCCCCCCCCCCCCC(=O)NC(COC1OC(CO)C(O)C(O)C1O)C(O)/C=C/CCCCCCCCCCCCCC. The van der Waals surface area contributed by atoms with Gasteiger partial charge in [0.25, 0.3) is 0 Å². The standard InChI is InChI=1S/C67H123NO8/c1-3-5-7-9-11-13-15-17-19-20-21-22-23-24-25-26-27-28-29-30-31-32-33-34-35-36-37-38-39-40-41-42-43-45-47-49-51-53-55-57-63(71)68-60(59-75-67-66(74)65(73)64(72)62(58-69)76-67)61(70)56-54-52-50-48-46-44-18-16-14-12-10-8-6-4-2/h5,7,11,13,17,19,21-22,54,56,60-62,64-67,69-70,72-74H,3-4,6,8-10,12,14-16,18,20,23-53,55,57-59H2,1-2H3,(H,68,71)/b7-5-,13-11-,19-17-,22-21-,56-54+. The zero-order valence-electron chi connectivity index (χ0n) is 49.5. The van der Waals surface area contributed by atoms with Gasteiger partial charge in [0.1, 0.15) is 24.4 Å². The van der Waals surface area contributed by atoms with Gasteiger partial charge < -0.3 is 40.3 Å². The molecule has 0 saturated carbocycles. The van der Waals surface area contributed by atoms with Gasteiger partial charge in [0.05, 0.1) is 25.4 Å². The summed E-state index contributed by atoms with van der Waals surface area (Å²) in [7, 11) is 0. The molecule has 1 heterocycles. The van der Waals surface area contributed by atoms with Crippen molar-refractivity contribution in [2.24, 2.45) is 0 Å². The maximum absolute atomic E-state index is 13.1. The summed E-state index contributed by atoms with van der Waals surface area (Å²) in [6.07, 6.45) is 70.4. The van der Waals surface area contributed by atoms with E-state index < -0.39 is 49.5 Å². The second-order valence-electron chi connectivity index (χ2n) is 22.5. The van der Waals surface area contributed by atoms with Crippen molar-refractivity contribution in [3.63, 3.8) is 0 Å². The summed E-state index contributed by atoms with van der Waals surface area (Å²) in [4.78, 5) is 13.1. The van der Waals surface area contributed by atoms with Crippen LogP contribution in [0.4, 0.5) is 0 Å². The van der Waals surface area contributed by atoms with E-state index in [0.29, 0.717) is 6.42 Å². The van der Waals surface area contributed by atoms with Crippen molar-refractivity contribution in [2.75, 3.05) is 13.2 Å². The Labute approximate surface area is 468 Å². The van der Waals surface area contributed by atoms with Gasteiger partial charge in [0.2, 0.25) is 5.91 Å². The first-order chi connectivity index (χ1) is 37.3. The van der Waals surface area contributed by atoms with Crippen LogP contribution in [0.1, 0.15) is 303 Å². The Morgan fingerprint density at radius 3 is 1.21 bits per heavy atom. The van der Waals surface area contributed by atoms with Crippen molar-refractivity contribution in [1.29, 1.82) is 0 Å². The van der Waals surface area contributed by atoms with Crippen LogP contribution < -0.4 is 5.32 Å². The summed E-state index contributed by atoms with van der Waals surface area (Å²) in [5.41, 5.74) is 0. The zero-order valence-corrected chi connectivity index (χ0v) is 49.5. The van der Waals surface area contributed by atoms with E-state index in [4.69, 9.17) is 9.47 Å². The molecule has 0 radical (unpaired) electrons. The Balaban J connectivity index is 2.04. The molecular formula is C67H123NO8. The number of rotatable bonds is 56. The van der Waals surface area contributed by atoms with Crippen LogP contribution in [0.25, 0.3) is 0 Å². The molecule has 0 spiro atoms. The van der Waals surface area contributed by atoms with Crippen LogP contribution in [-0.2, 0) is 14.3 Å². The molecule has 76 heavy (non-hydrogen) atoms. The second kappa shape index (κ2) is 56.2. The minimum absolute atomic E-state index is 0.172. The smallest absolute Gasteiger partial charge is 0.220 e. The third-order valence-corrected chi connectivity index (χ3v) is 15.3. The lowest BCUT2D eigenvalue weighted by Crippen LogP contribution is -2.60. The molecular weight excluding hydrogens is 947 g/mol. The van der Waals surface area contributed by atoms with Gasteiger partial charge in [-0.1, -0.05) is 299 Å². The summed E-state index contributed by atoms with van der Waals surface area (Å²) in [6.45, 7) is 3.68. The number of aliphatic hydroxyl groups is 5. The second-order valence-corrected chi connectivity index (χ2v) is 22.5. The summed E-state index contributed by atoms with van der Waals surface area (Å²) >= 11 is 0. The number of allylic oxidation sites excluding steroid dienone is 9. The maximum atomic E-state index is 13.1. The molecule has 1 amide bonds. The van der Waals surface area contributed by atoms with Gasteiger partial charge in [-0.25, -0.2) is 0 Å². The van der Waals surface area contributed by atoms with Crippen LogP contribution in [0, 0.1) is 0 Å². The Bertz CT molecular complexity index is 1380. The monoisotopic (exact) mass is 1070 g/mol. The fourth-order valence-electron chi connectivity index (χ4n) is 10.3. The molecule has 1 saturated heterocycles. The van der Waals surface area contributed by atoms with Gasteiger partial charge in [-0.15, -0.1) is 0 Å². The highest BCUT2D eigenvalue weighted by molar-refractivity contribution is 5.76. The van der Waals surface area contributed by atoms with Gasteiger partial charge in [0, 0.05) is 6.42 Å². The first kappa shape index (κ1) is 71.9. The highest BCUT2D eigenvalue weighted by Crippen LogP contribution is 2.23. The highest BCUT2D eigenvalue weighted by Gasteiger charge is 2.44. The van der Waals surface area contributed by atoms with E-state index in [0.717, 1.165) is 64.2 Å². The van der Waals surface area contributed by atoms with Gasteiger partial charge in [0.15, 0.2) is 6.29 Å². The average Bonchev–Trinajstić information content (AvgIpc) is 3.42. The first-order valence-electron chi connectivity index (χ1n) is 32.5.